The molecule has 1 fully saturated rings. The zero-order valence-electron chi connectivity index (χ0n) is 11.6. The van der Waals surface area contributed by atoms with Gasteiger partial charge in [-0.3, -0.25) is 4.79 Å². The van der Waals surface area contributed by atoms with Crippen LogP contribution in [0.25, 0.3) is 10.2 Å². The lowest BCUT2D eigenvalue weighted by atomic mass is 10.1. The Bertz CT molecular complexity index is 631. The van der Waals surface area contributed by atoms with E-state index in [1.807, 2.05) is 24.1 Å². The summed E-state index contributed by atoms with van der Waals surface area (Å²) in [5, 5.41) is 0.884. The molecule has 0 unspecified atom stereocenters. The largest absolute Gasteiger partial charge is 0.397 e. The van der Waals surface area contributed by atoms with Gasteiger partial charge in [0.1, 0.15) is 9.71 Å². The highest BCUT2D eigenvalue weighted by Crippen LogP contribution is 2.33. The Morgan fingerprint density at radius 2 is 2.25 bits per heavy atom. The molecule has 2 aromatic heterocycles. The summed E-state index contributed by atoms with van der Waals surface area (Å²) in [7, 11) is 1.87. The molecule has 0 saturated heterocycles. The molecular formula is C15H19N3OS. The lowest BCUT2D eigenvalue weighted by Crippen LogP contribution is -2.31. The van der Waals surface area contributed by atoms with Crippen LogP contribution in [0.1, 0.15) is 35.4 Å². The van der Waals surface area contributed by atoms with Crippen molar-refractivity contribution in [2.24, 2.45) is 5.92 Å². The smallest absolute Gasteiger partial charge is 0.265 e. The van der Waals surface area contributed by atoms with Crippen LogP contribution < -0.4 is 5.73 Å². The highest BCUT2D eigenvalue weighted by Gasteiger charge is 2.23. The predicted molar refractivity (Wildman–Crippen MR) is 83.0 cm³/mol. The van der Waals surface area contributed by atoms with Crippen LogP contribution in [0.15, 0.2) is 18.3 Å². The van der Waals surface area contributed by atoms with Gasteiger partial charge in [-0.1, -0.05) is 12.8 Å². The van der Waals surface area contributed by atoms with Crippen LogP contribution in [0.4, 0.5) is 5.69 Å². The highest BCUT2D eigenvalue weighted by atomic mass is 32.1. The summed E-state index contributed by atoms with van der Waals surface area (Å²) in [6.07, 6.45) is 6.79. The zero-order chi connectivity index (χ0) is 14.1. The van der Waals surface area contributed by atoms with Gasteiger partial charge in [-0.2, -0.15) is 0 Å². The first kappa shape index (κ1) is 13.4. The summed E-state index contributed by atoms with van der Waals surface area (Å²) in [6.45, 7) is 0.833. The Hall–Kier alpha value is -1.62. The fraction of sp³-hybridized carbons (Fsp3) is 0.467. The number of rotatable bonds is 3. The van der Waals surface area contributed by atoms with Crippen LogP contribution in [0, 0.1) is 5.92 Å². The van der Waals surface area contributed by atoms with E-state index < -0.39 is 0 Å². The normalized spacial score (nSPS) is 15.8. The third-order valence-electron chi connectivity index (χ3n) is 4.05. The molecule has 0 spiro atoms. The molecule has 2 N–H and O–H groups in total. The van der Waals surface area contributed by atoms with Gasteiger partial charge >= 0.3 is 0 Å². The van der Waals surface area contributed by atoms with Crippen LogP contribution >= 0.6 is 11.3 Å². The second-order valence-electron chi connectivity index (χ2n) is 5.54. The second-order valence-corrected chi connectivity index (χ2v) is 6.54. The second kappa shape index (κ2) is 5.40. The van der Waals surface area contributed by atoms with E-state index in [9.17, 15) is 4.79 Å². The predicted octanol–water partition coefficient (Wildman–Crippen LogP) is 3.14. The van der Waals surface area contributed by atoms with Gasteiger partial charge in [-0.25, -0.2) is 4.98 Å². The zero-order valence-corrected chi connectivity index (χ0v) is 12.4. The van der Waals surface area contributed by atoms with Gasteiger partial charge in [0.2, 0.25) is 0 Å². The van der Waals surface area contributed by atoms with Crippen molar-refractivity contribution in [1.82, 2.24) is 9.88 Å². The van der Waals surface area contributed by atoms with E-state index >= 15 is 0 Å². The van der Waals surface area contributed by atoms with Gasteiger partial charge in [0.05, 0.1) is 5.69 Å². The lowest BCUT2D eigenvalue weighted by molar-refractivity contribution is 0.0779. The van der Waals surface area contributed by atoms with Crippen LogP contribution in [0.3, 0.4) is 0 Å². The number of aromatic nitrogens is 1. The number of nitrogen functional groups attached to an aromatic ring is 1. The minimum absolute atomic E-state index is 0.0254. The maximum absolute atomic E-state index is 12.6. The standard InChI is InChI=1S/C15H19N3OS/c1-18(9-10-5-2-3-6-10)15(19)13-12(16)11-7-4-8-17-14(11)20-13/h4,7-8,10H,2-3,5-6,9,16H2,1H3. The average Bonchev–Trinajstić information content (AvgIpc) is 3.07. The van der Waals surface area contributed by atoms with Crippen molar-refractivity contribution in [3.8, 4) is 0 Å². The Labute approximate surface area is 122 Å². The minimum atomic E-state index is 0.0254. The Morgan fingerprint density at radius 1 is 1.50 bits per heavy atom. The number of pyridine rings is 1. The number of nitrogens with two attached hydrogens (primary N) is 1. The van der Waals surface area contributed by atoms with Crippen molar-refractivity contribution in [2.75, 3.05) is 19.3 Å². The van der Waals surface area contributed by atoms with E-state index in [2.05, 4.69) is 4.98 Å². The fourth-order valence-electron chi connectivity index (χ4n) is 2.95. The summed E-state index contributed by atoms with van der Waals surface area (Å²) in [4.78, 5) is 20.1. The number of amides is 1. The molecule has 4 nitrogen and oxygen atoms in total. The van der Waals surface area contributed by atoms with Gasteiger partial charge in [-0.05, 0) is 30.9 Å². The monoisotopic (exact) mass is 289 g/mol. The fourth-order valence-corrected chi connectivity index (χ4v) is 4.00. The molecule has 0 atom stereocenters. The topological polar surface area (TPSA) is 59.2 Å². The third-order valence-corrected chi connectivity index (χ3v) is 5.17. The molecule has 5 heteroatoms. The maximum Gasteiger partial charge on any atom is 0.265 e. The van der Waals surface area contributed by atoms with E-state index in [4.69, 9.17) is 5.73 Å². The van der Waals surface area contributed by atoms with Crippen LogP contribution in [-0.2, 0) is 0 Å². The van der Waals surface area contributed by atoms with Crippen LogP contribution in [-0.4, -0.2) is 29.4 Å². The minimum Gasteiger partial charge on any atom is -0.397 e. The van der Waals surface area contributed by atoms with E-state index in [1.165, 1.54) is 37.0 Å². The van der Waals surface area contributed by atoms with Gasteiger partial charge in [0.15, 0.2) is 0 Å². The van der Waals surface area contributed by atoms with Crippen molar-refractivity contribution >= 4 is 33.1 Å². The van der Waals surface area contributed by atoms with E-state index in [0.717, 1.165) is 16.8 Å². The molecule has 2 aromatic rings. The molecule has 3 rings (SSSR count). The Kier molecular flexibility index (Phi) is 3.61. The molecule has 0 bridgehead atoms. The first-order valence-corrected chi connectivity index (χ1v) is 7.87. The van der Waals surface area contributed by atoms with Crippen molar-refractivity contribution in [1.29, 1.82) is 0 Å². The SMILES string of the molecule is CN(CC1CCCC1)C(=O)c1sc2ncccc2c1N. The van der Waals surface area contributed by atoms with E-state index in [0.29, 0.717) is 16.5 Å². The number of nitrogens with zero attached hydrogens (tertiary/aromatic N) is 2. The molecule has 1 aliphatic carbocycles. The lowest BCUT2D eigenvalue weighted by Gasteiger charge is -2.20. The summed E-state index contributed by atoms with van der Waals surface area (Å²) < 4.78 is 0. The number of thiophene rings is 1. The Balaban J connectivity index is 1.82. The van der Waals surface area contributed by atoms with Crippen LogP contribution in [0.2, 0.25) is 0 Å². The number of anilines is 1. The molecule has 1 amide bonds. The molecule has 1 saturated carbocycles. The molecule has 2 heterocycles. The van der Waals surface area contributed by atoms with Crippen molar-refractivity contribution < 1.29 is 4.79 Å². The van der Waals surface area contributed by atoms with Gasteiger partial charge in [0.25, 0.3) is 5.91 Å². The van der Waals surface area contributed by atoms with Crippen molar-refractivity contribution in [3.05, 3.63) is 23.2 Å². The quantitative estimate of drug-likeness (QED) is 0.944. The summed E-state index contributed by atoms with van der Waals surface area (Å²) in [5.74, 6) is 0.676. The summed E-state index contributed by atoms with van der Waals surface area (Å²) in [5.41, 5.74) is 6.68. The van der Waals surface area contributed by atoms with Gasteiger partial charge in [0, 0.05) is 25.2 Å². The summed E-state index contributed by atoms with van der Waals surface area (Å²) in [6, 6.07) is 3.77. The molecule has 1 aliphatic rings. The molecule has 106 valence electrons. The Morgan fingerprint density at radius 3 is 2.95 bits per heavy atom. The van der Waals surface area contributed by atoms with Gasteiger partial charge in [-0.15, -0.1) is 11.3 Å². The van der Waals surface area contributed by atoms with Gasteiger partial charge < -0.3 is 10.6 Å². The third kappa shape index (κ3) is 2.38. The number of fused-ring (bicyclic) bond motifs is 1. The molecule has 20 heavy (non-hydrogen) atoms. The number of carbonyl (C=O) groups excluding carboxylic acids is 1. The average molecular weight is 289 g/mol. The number of hydrogen-bond acceptors (Lipinski definition) is 4. The van der Waals surface area contributed by atoms with E-state index in [1.54, 1.807) is 6.20 Å². The first-order valence-electron chi connectivity index (χ1n) is 7.05. The highest BCUT2D eigenvalue weighted by molar-refractivity contribution is 7.21. The summed E-state index contributed by atoms with van der Waals surface area (Å²) >= 11 is 1.39. The number of carbonyl (C=O) groups is 1. The molecule has 0 radical (unpaired) electrons. The first-order chi connectivity index (χ1) is 9.66. The molecule has 0 aromatic carbocycles. The van der Waals surface area contributed by atoms with Crippen molar-refractivity contribution in [2.45, 2.75) is 25.7 Å². The molecule has 0 aliphatic heterocycles. The maximum atomic E-state index is 12.6. The van der Waals surface area contributed by atoms with Crippen molar-refractivity contribution in [3.63, 3.8) is 0 Å². The number of hydrogen-bond donors (Lipinski definition) is 1. The molecular weight excluding hydrogens is 270 g/mol. The van der Waals surface area contributed by atoms with Crippen LogP contribution in [0.5, 0.6) is 0 Å². The van der Waals surface area contributed by atoms with E-state index in [-0.39, 0.29) is 5.91 Å².